The van der Waals surface area contributed by atoms with E-state index < -0.39 is 0 Å². The largest absolute Gasteiger partial charge is 0.382 e. The standard InChI is InChI=1S/C7H14O4/c1-8-2-3-9-4-5-10-7-6-11-7/h7H,2-6H2,1H3. The number of ether oxygens (including phenoxy) is 4. The Morgan fingerprint density at radius 2 is 2.00 bits per heavy atom. The van der Waals surface area contributed by atoms with Crippen molar-refractivity contribution < 1.29 is 18.9 Å². The molecule has 66 valence electrons. The van der Waals surface area contributed by atoms with Gasteiger partial charge in [0.15, 0.2) is 6.29 Å². The normalized spacial score (nSPS) is 22.1. The number of hydrogen-bond donors (Lipinski definition) is 0. The predicted molar refractivity (Wildman–Crippen MR) is 38.4 cm³/mol. The van der Waals surface area contributed by atoms with Gasteiger partial charge in [-0.3, -0.25) is 0 Å². The zero-order chi connectivity index (χ0) is 7.94. The minimum Gasteiger partial charge on any atom is -0.382 e. The van der Waals surface area contributed by atoms with Gasteiger partial charge in [0.25, 0.3) is 0 Å². The van der Waals surface area contributed by atoms with E-state index in [4.69, 9.17) is 18.9 Å². The quantitative estimate of drug-likeness (QED) is 0.391. The second-order valence-electron chi connectivity index (χ2n) is 2.24. The van der Waals surface area contributed by atoms with Gasteiger partial charge in [0, 0.05) is 7.11 Å². The SMILES string of the molecule is COCCOCCOC1CO1. The van der Waals surface area contributed by atoms with Gasteiger partial charge in [0.05, 0.1) is 26.4 Å². The topological polar surface area (TPSA) is 40.2 Å². The van der Waals surface area contributed by atoms with Gasteiger partial charge in [0.2, 0.25) is 0 Å². The third-order valence-corrected chi connectivity index (χ3v) is 1.27. The van der Waals surface area contributed by atoms with Crippen molar-refractivity contribution in [2.24, 2.45) is 0 Å². The molecular weight excluding hydrogens is 148 g/mol. The van der Waals surface area contributed by atoms with Crippen LogP contribution in [0.3, 0.4) is 0 Å². The van der Waals surface area contributed by atoms with Crippen LogP contribution < -0.4 is 0 Å². The van der Waals surface area contributed by atoms with Crippen molar-refractivity contribution in [3.8, 4) is 0 Å². The molecule has 0 aliphatic carbocycles. The van der Waals surface area contributed by atoms with Crippen molar-refractivity contribution in [2.75, 3.05) is 40.1 Å². The zero-order valence-electron chi connectivity index (χ0n) is 6.75. The van der Waals surface area contributed by atoms with E-state index in [1.807, 2.05) is 0 Å². The molecule has 1 aliphatic rings. The molecule has 4 nitrogen and oxygen atoms in total. The van der Waals surface area contributed by atoms with Gasteiger partial charge >= 0.3 is 0 Å². The molecule has 0 spiro atoms. The molecule has 1 unspecified atom stereocenters. The van der Waals surface area contributed by atoms with Crippen molar-refractivity contribution in [3.63, 3.8) is 0 Å². The Balaban J connectivity index is 1.66. The van der Waals surface area contributed by atoms with E-state index in [9.17, 15) is 0 Å². The van der Waals surface area contributed by atoms with E-state index in [1.54, 1.807) is 7.11 Å². The lowest BCUT2D eigenvalue weighted by molar-refractivity contribution is -0.00581. The summed E-state index contributed by atoms with van der Waals surface area (Å²) in [7, 11) is 1.65. The molecule has 0 amide bonds. The lowest BCUT2D eigenvalue weighted by Crippen LogP contribution is -2.09. The Labute approximate surface area is 66.4 Å². The summed E-state index contributed by atoms with van der Waals surface area (Å²) in [6, 6.07) is 0. The van der Waals surface area contributed by atoms with Crippen LogP contribution in [0.4, 0.5) is 0 Å². The van der Waals surface area contributed by atoms with Crippen molar-refractivity contribution in [2.45, 2.75) is 6.29 Å². The highest BCUT2D eigenvalue weighted by Crippen LogP contribution is 2.08. The molecule has 4 heteroatoms. The minimum absolute atomic E-state index is 0.0426. The fourth-order valence-electron chi connectivity index (χ4n) is 0.618. The second-order valence-corrected chi connectivity index (χ2v) is 2.24. The van der Waals surface area contributed by atoms with Crippen LogP contribution in [0.1, 0.15) is 0 Å². The summed E-state index contributed by atoms with van der Waals surface area (Å²) in [6.45, 7) is 3.22. The zero-order valence-corrected chi connectivity index (χ0v) is 6.75. The number of methoxy groups -OCH3 is 1. The summed E-state index contributed by atoms with van der Waals surface area (Å²) < 4.78 is 19.9. The summed E-state index contributed by atoms with van der Waals surface area (Å²) in [4.78, 5) is 0. The van der Waals surface area contributed by atoms with E-state index in [2.05, 4.69) is 0 Å². The Kier molecular flexibility index (Phi) is 4.45. The van der Waals surface area contributed by atoms with Gasteiger partial charge in [-0.1, -0.05) is 0 Å². The lowest BCUT2D eigenvalue weighted by Gasteiger charge is -2.02. The number of rotatable bonds is 7. The maximum Gasteiger partial charge on any atom is 0.181 e. The predicted octanol–water partition coefficient (Wildman–Crippen LogP) is 0.0223. The van der Waals surface area contributed by atoms with E-state index in [0.717, 1.165) is 6.61 Å². The van der Waals surface area contributed by atoms with Gasteiger partial charge in [0.1, 0.15) is 6.61 Å². The van der Waals surface area contributed by atoms with Crippen molar-refractivity contribution in [1.29, 1.82) is 0 Å². The van der Waals surface area contributed by atoms with E-state index in [-0.39, 0.29) is 6.29 Å². The average molecular weight is 162 g/mol. The highest BCUT2D eigenvalue weighted by atomic mass is 16.8. The van der Waals surface area contributed by atoms with Crippen LogP contribution >= 0.6 is 0 Å². The summed E-state index contributed by atoms with van der Waals surface area (Å²) >= 11 is 0. The minimum atomic E-state index is 0.0426. The van der Waals surface area contributed by atoms with E-state index >= 15 is 0 Å². The van der Waals surface area contributed by atoms with Crippen LogP contribution in [0.2, 0.25) is 0 Å². The molecule has 0 N–H and O–H groups in total. The second kappa shape index (κ2) is 5.49. The van der Waals surface area contributed by atoms with Crippen molar-refractivity contribution in [1.82, 2.24) is 0 Å². The summed E-state index contributed by atoms with van der Waals surface area (Å²) in [5.41, 5.74) is 0. The first-order valence-corrected chi connectivity index (χ1v) is 3.73. The first-order valence-electron chi connectivity index (χ1n) is 3.73. The average Bonchev–Trinajstić information content (AvgIpc) is 2.80. The lowest BCUT2D eigenvalue weighted by atomic mass is 10.7. The smallest absolute Gasteiger partial charge is 0.181 e. The molecule has 0 bridgehead atoms. The van der Waals surface area contributed by atoms with Gasteiger partial charge in [-0.05, 0) is 0 Å². The highest BCUT2D eigenvalue weighted by molar-refractivity contribution is 4.54. The Bertz CT molecular complexity index is 92.4. The first kappa shape index (κ1) is 8.93. The van der Waals surface area contributed by atoms with Crippen LogP contribution in [-0.4, -0.2) is 46.4 Å². The third-order valence-electron chi connectivity index (χ3n) is 1.27. The van der Waals surface area contributed by atoms with Crippen LogP contribution in [0.5, 0.6) is 0 Å². The Morgan fingerprint density at radius 3 is 2.64 bits per heavy atom. The number of hydrogen-bond acceptors (Lipinski definition) is 4. The molecular formula is C7H14O4. The molecule has 11 heavy (non-hydrogen) atoms. The van der Waals surface area contributed by atoms with Gasteiger partial charge in [-0.15, -0.1) is 0 Å². The van der Waals surface area contributed by atoms with Gasteiger partial charge in [-0.25, -0.2) is 0 Å². The van der Waals surface area contributed by atoms with Crippen LogP contribution in [-0.2, 0) is 18.9 Å². The maximum absolute atomic E-state index is 5.15. The Morgan fingerprint density at radius 1 is 1.27 bits per heavy atom. The van der Waals surface area contributed by atoms with E-state index in [1.165, 1.54) is 0 Å². The summed E-state index contributed by atoms with van der Waals surface area (Å²) in [5.74, 6) is 0. The van der Waals surface area contributed by atoms with Crippen LogP contribution in [0, 0.1) is 0 Å². The van der Waals surface area contributed by atoms with Crippen molar-refractivity contribution in [3.05, 3.63) is 0 Å². The summed E-state index contributed by atoms with van der Waals surface area (Å²) in [5, 5.41) is 0. The monoisotopic (exact) mass is 162 g/mol. The maximum atomic E-state index is 5.15. The van der Waals surface area contributed by atoms with Crippen LogP contribution in [0.25, 0.3) is 0 Å². The fourth-order valence-corrected chi connectivity index (χ4v) is 0.618. The molecule has 1 atom stereocenters. The molecule has 0 aromatic carbocycles. The first-order chi connectivity index (χ1) is 5.43. The van der Waals surface area contributed by atoms with Crippen LogP contribution in [0.15, 0.2) is 0 Å². The molecule has 1 aliphatic heterocycles. The molecule has 0 aromatic heterocycles. The molecule has 0 radical (unpaired) electrons. The van der Waals surface area contributed by atoms with Crippen molar-refractivity contribution >= 4 is 0 Å². The molecule has 1 saturated heterocycles. The molecule has 0 saturated carbocycles. The molecule has 0 aromatic rings. The molecule has 1 heterocycles. The highest BCUT2D eigenvalue weighted by Gasteiger charge is 2.22. The number of epoxide rings is 1. The molecule has 1 rings (SSSR count). The van der Waals surface area contributed by atoms with Gasteiger partial charge in [-0.2, -0.15) is 0 Å². The Hall–Kier alpha value is -0.160. The fraction of sp³-hybridized carbons (Fsp3) is 1.00. The van der Waals surface area contributed by atoms with Gasteiger partial charge < -0.3 is 18.9 Å². The third kappa shape index (κ3) is 5.15. The summed E-state index contributed by atoms with van der Waals surface area (Å²) in [6.07, 6.45) is 0.0426. The molecule has 1 fully saturated rings. The van der Waals surface area contributed by atoms with E-state index in [0.29, 0.717) is 26.4 Å².